The Morgan fingerprint density at radius 3 is 2.39 bits per heavy atom. The van der Waals surface area contributed by atoms with Crippen molar-refractivity contribution in [2.24, 2.45) is 0 Å². The fraction of sp³-hybridized carbons (Fsp3) is 0.409. The molecule has 2 aromatic rings. The van der Waals surface area contributed by atoms with E-state index in [1.807, 2.05) is 25.1 Å². The van der Waals surface area contributed by atoms with Gasteiger partial charge in [-0.1, -0.05) is 48.0 Å². The Balaban J connectivity index is 1.72. The van der Waals surface area contributed by atoms with Gasteiger partial charge in [-0.05, 0) is 56.4 Å². The van der Waals surface area contributed by atoms with Crippen molar-refractivity contribution < 1.29 is 0 Å². The molecule has 0 radical (unpaired) electrons. The summed E-state index contributed by atoms with van der Waals surface area (Å²) in [6.07, 6.45) is 0. The van der Waals surface area contributed by atoms with Crippen molar-refractivity contribution in [2.75, 3.05) is 38.5 Å². The lowest BCUT2D eigenvalue weighted by Crippen LogP contribution is -2.52. The molecule has 28 heavy (non-hydrogen) atoms. The largest absolute Gasteiger partial charge is 0.358 e. The maximum absolute atomic E-state index is 6.23. The zero-order valence-corrected chi connectivity index (χ0v) is 18.4. The third kappa shape index (κ3) is 5.23. The van der Waals surface area contributed by atoms with Gasteiger partial charge in [0.1, 0.15) is 0 Å². The molecular weight excluding hydrogens is 388 g/mol. The standard InChI is InChI=1S/C22H29ClN4S/c1-16-19(23)10-7-11-20(16)25-22(28)24-17(2)21(18-8-5-4-6-9-18)27-14-12-26(3)13-15-27/h4-11,17,21H,12-15H2,1-3H3,(H2,24,25,28). The summed E-state index contributed by atoms with van der Waals surface area (Å²) >= 11 is 11.8. The first-order valence-electron chi connectivity index (χ1n) is 9.76. The minimum atomic E-state index is 0.158. The lowest BCUT2D eigenvalue weighted by molar-refractivity contribution is 0.0973. The van der Waals surface area contributed by atoms with Gasteiger partial charge in [-0.25, -0.2) is 0 Å². The summed E-state index contributed by atoms with van der Waals surface area (Å²) < 4.78 is 0. The van der Waals surface area contributed by atoms with Crippen molar-refractivity contribution in [2.45, 2.75) is 25.9 Å². The van der Waals surface area contributed by atoms with Crippen LogP contribution in [0.25, 0.3) is 0 Å². The van der Waals surface area contributed by atoms with Crippen LogP contribution < -0.4 is 10.6 Å². The first-order chi connectivity index (χ1) is 13.5. The van der Waals surface area contributed by atoms with Crippen LogP contribution in [-0.4, -0.2) is 54.2 Å². The average molecular weight is 417 g/mol. The molecule has 0 amide bonds. The number of thiocarbonyl (C=S) groups is 1. The Morgan fingerprint density at radius 2 is 1.71 bits per heavy atom. The van der Waals surface area contributed by atoms with Crippen LogP contribution in [0.4, 0.5) is 5.69 Å². The van der Waals surface area contributed by atoms with Crippen molar-refractivity contribution in [3.8, 4) is 0 Å². The molecule has 150 valence electrons. The molecule has 2 unspecified atom stereocenters. The molecule has 2 N–H and O–H groups in total. The highest BCUT2D eigenvalue weighted by molar-refractivity contribution is 7.80. The first kappa shape index (κ1) is 21.1. The van der Waals surface area contributed by atoms with E-state index in [2.05, 4.69) is 64.7 Å². The minimum Gasteiger partial charge on any atom is -0.358 e. The second-order valence-electron chi connectivity index (χ2n) is 7.49. The van der Waals surface area contributed by atoms with Crippen molar-refractivity contribution in [3.05, 3.63) is 64.7 Å². The quantitative estimate of drug-likeness (QED) is 0.709. The molecule has 1 fully saturated rings. The molecule has 4 nitrogen and oxygen atoms in total. The molecule has 1 saturated heterocycles. The normalized spacial score (nSPS) is 17.7. The number of halogens is 1. The third-order valence-corrected chi connectivity index (χ3v) is 6.05. The van der Waals surface area contributed by atoms with E-state index in [1.54, 1.807) is 0 Å². The van der Waals surface area contributed by atoms with E-state index in [1.165, 1.54) is 5.56 Å². The molecule has 1 heterocycles. The number of hydrogen-bond donors (Lipinski definition) is 2. The Bertz CT molecular complexity index is 790. The molecule has 0 bridgehead atoms. The number of piperazine rings is 1. The predicted octanol–water partition coefficient (Wildman–Crippen LogP) is 4.31. The van der Waals surface area contributed by atoms with Gasteiger partial charge in [-0.15, -0.1) is 0 Å². The summed E-state index contributed by atoms with van der Waals surface area (Å²) in [7, 11) is 2.18. The van der Waals surface area contributed by atoms with Gasteiger partial charge in [0, 0.05) is 42.9 Å². The molecule has 2 atom stereocenters. The number of nitrogens with zero attached hydrogens (tertiary/aromatic N) is 2. The van der Waals surface area contributed by atoms with Crippen LogP contribution in [0.1, 0.15) is 24.1 Å². The van der Waals surface area contributed by atoms with Crippen LogP contribution in [-0.2, 0) is 0 Å². The Labute approximate surface area is 178 Å². The molecule has 0 aromatic heterocycles. The van der Waals surface area contributed by atoms with E-state index in [0.717, 1.165) is 42.5 Å². The van der Waals surface area contributed by atoms with Crippen LogP contribution in [0, 0.1) is 6.92 Å². The van der Waals surface area contributed by atoms with Gasteiger partial charge in [0.15, 0.2) is 5.11 Å². The van der Waals surface area contributed by atoms with Crippen LogP contribution in [0.5, 0.6) is 0 Å². The van der Waals surface area contributed by atoms with E-state index in [9.17, 15) is 0 Å². The monoisotopic (exact) mass is 416 g/mol. The molecular formula is C22H29ClN4S. The zero-order chi connectivity index (χ0) is 20.1. The fourth-order valence-electron chi connectivity index (χ4n) is 3.75. The molecule has 6 heteroatoms. The van der Waals surface area contributed by atoms with Crippen molar-refractivity contribution in [1.29, 1.82) is 0 Å². The van der Waals surface area contributed by atoms with E-state index >= 15 is 0 Å². The fourth-order valence-corrected chi connectivity index (χ4v) is 4.22. The number of anilines is 1. The summed E-state index contributed by atoms with van der Waals surface area (Å²) in [6, 6.07) is 16.9. The van der Waals surface area contributed by atoms with E-state index in [0.29, 0.717) is 5.11 Å². The Kier molecular flexibility index (Phi) is 7.30. The molecule has 1 aliphatic heterocycles. The van der Waals surface area contributed by atoms with E-state index in [-0.39, 0.29) is 12.1 Å². The summed E-state index contributed by atoms with van der Waals surface area (Å²) in [6.45, 7) is 8.47. The molecule has 0 spiro atoms. The van der Waals surface area contributed by atoms with Crippen LogP contribution >= 0.6 is 23.8 Å². The maximum atomic E-state index is 6.23. The van der Waals surface area contributed by atoms with Gasteiger partial charge in [-0.2, -0.15) is 0 Å². The van der Waals surface area contributed by atoms with Gasteiger partial charge >= 0.3 is 0 Å². The number of rotatable bonds is 5. The first-order valence-corrected chi connectivity index (χ1v) is 10.5. The Hall–Kier alpha value is -1.66. The maximum Gasteiger partial charge on any atom is 0.171 e. The minimum absolute atomic E-state index is 0.158. The van der Waals surface area contributed by atoms with Crippen LogP contribution in [0.15, 0.2) is 48.5 Å². The molecule has 0 saturated carbocycles. The summed E-state index contributed by atoms with van der Waals surface area (Å²) in [5, 5.41) is 8.17. The lowest BCUT2D eigenvalue weighted by Gasteiger charge is -2.41. The number of likely N-dealkylation sites (N-methyl/N-ethyl adjacent to an activating group) is 1. The average Bonchev–Trinajstić information content (AvgIpc) is 2.68. The Morgan fingerprint density at radius 1 is 1.04 bits per heavy atom. The zero-order valence-electron chi connectivity index (χ0n) is 16.8. The van der Waals surface area contributed by atoms with Gasteiger partial charge in [0.05, 0.1) is 6.04 Å². The SMILES string of the molecule is Cc1c(Cl)cccc1NC(=S)NC(C)C(c1ccccc1)N1CCN(C)CC1. The van der Waals surface area contributed by atoms with Crippen molar-refractivity contribution in [3.63, 3.8) is 0 Å². The van der Waals surface area contributed by atoms with Gasteiger partial charge < -0.3 is 15.5 Å². The summed E-state index contributed by atoms with van der Waals surface area (Å²) in [5.74, 6) is 0. The molecule has 1 aliphatic rings. The topological polar surface area (TPSA) is 30.5 Å². The van der Waals surface area contributed by atoms with Gasteiger partial charge in [0.2, 0.25) is 0 Å². The van der Waals surface area contributed by atoms with Crippen molar-refractivity contribution >= 4 is 34.6 Å². The van der Waals surface area contributed by atoms with Crippen LogP contribution in [0.2, 0.25) is 5.02 Å². The van der Waals surface area contributed by atoms with Gasteiger partial charge in [0.25, 0.3) is 0 Å². The lowest BCUT2D eigenvalue weighted by atomic mass is 9.98. The highest BCUT2D eigenvalue weighted by Gasteiger charge is 2.28. The molecule has 2 aromatic carbocycles. The highest BCUT2D eigenvalue weighted by atomic mass is 35.5. The summed E-state index contributed by atoms with van der Waals surface area (Å²) in [4.78, 5) is 4.94. The molecule has 3 rings (SSSR count). The van der Waals surface area contributed by atoms with Crippen LogP contribution in [0.3, 0.4) is 0 Å². The number of hydrogen-bond acceptors (Lipinski definition) is 3. The van der Waals surface area contributed by atoms with Gasteiger partial charge in [-0.3, -0.25) is 4.90 Å². The third-order valence-electron chi connectivity index (χ3n) is 5.42. The second-order valence-corrected chi connectivity index (χ2v) is 8.31. The van der Waals surface area contributed by atoms with E-state index in [4.69, 9.17) is 23.8 Å². The smallest absolute Gasteiger partial charge is 0.171 e. The second kappa shape index (κ2) is 9.70. The van der Waals surface area contributed by atoms with Crippen molar-refractivity contribution in [1.82, 2.24) is 15.1 Å². The highest BCUT2D eigenvalue weighted by Crippen LogP contribution is 2.26. The summed E-state index contributed by atoms with van der Waals surface area (Å²) in [5.41, 5.74) is 3.25. The molecule has 0 aliphatic carbocycles. The number of nitrogens with one attached hydrogen (secondary N) is 2. The number of benzene rings is 2. The van der Waals surface area contributed by atoms with E-state index < -0.39 is 0 Å². The predicted molar refractivity (Wildman–Crippen MR) is 123 cm³/mol.